The van der Waals surface area contributed by atoms with E-state index in [0.717, 1.165) is 22.3 Å². The summed E-state index contributed by atoms with van der Waals surface area (Å²) in [6, 6.07) is 15.1. The number of amides is 3. The van der Waals surface area contributed by atoms with Crippen molar-refractivity contribution in [2.45, 2.75) is 12.1 Å². The fraction of sp³-hybridized carbons (Fsp3) is 0.304. The smallest absolute Gasteiger partial charge is 0.407 e. The molecule has 2 aromatic carbocycles. The van der Waals surface area contributed by atoms with Gasteiger partial charge in [-0.15, -0.1) is 0 Å². The fourth-order valence-electron chi connectivity index (χ4n) is 3.72. The molecule has 12 heteroatoms. The minimum absolute atomic E-state index is 0.119. The lowest BCUT2D eigenvalue weighted by atomic mass is 9.98. The van der Waals surface area contributed by atoms with Gasteiger partial charge < -0.3 is 25.8 Å². The predicted molar refractivity (Wildman–Crippen MR) is 116 cm³/mol. The number of carbonyl (C=O) groups is 4. The summed E-state index contributed by atoms with van der Waals surface area (Å²) in [5.41, 5.74) is 3.82. The van der Waals surface area contributed by atoms with Crippen molar-refractivity contribution in [1.29, 1.82) is 0 Å². The summed E-state index contributed by atoms with van der Waals surface area (Å²) in [6.07, 6.45) is -6.15. The van der Waals surface area contributed by atoms with Gasteiger partial charge in [0.2, 0.25) is 11.8 Å². The van der Waals surface area contributed by atoms with E-state index in [9.17, 15) is 32.3 Å². The molecular weight excluding hydrogens is 471 g/mol. The van der Waals surface area contributed by atoms with E-state index >= 15 is 0 Å². The summed E-state index contributed by atoms with van der Waals surface area (Å²) >= 11 is 0. The van der Waals surface area contributed by atoms with Gasteiger partial charge in [-0.3, -0.25) is 14.4 Å². The summed E-state index contributed by atoms with van der Waals surface area (Å²) in [4.78, 5) is 45.9. The third-order valence-electron chi connectivity index (χ3n) is 5.37. The normalized spacial score (nSPS) is 13.2. The molecule has 0 saturated heterocycles. The topological polar surface area (TPSA) is 134 Å². The molecule has 0 aromatic heterocycles. The number of rotatable bonds is 9. The largest absolute Gasteiger partial charge is 0.480 e. The molecule has 1 aliphatic carbocycles. The van der Waals surface area contributed by atoms with Crippen molar-refractivity contribution in [3.05, 3.63) is 59.7 Å². The van der Waals surface area contributed by atoms with E-state index in [0.29, 0.717) is 0 Å². The van der Waals surface area contributed by atoms with Crippen molar-refractivity contribution in [3.63, 3.8) is 0 Å². The second-order valence-corrected chi connectivity index (χ2v) is 7.69. The Morgan fingerprint density at radius 3 is 2.00 bits per heavy atom. The maximum atomic E-state index is 13.3. The highest BCUT2D eigenvalue weighted by atomic mass is 19.4. The number of nitrogens with one attached hydrogen (secondary N) is 3. The number of fused-ring (bicyclic) bond motifs is 3. The van der Waals surface area contributed by atoms with Crippen molar-refractivity contribution in [2.75, 3.05) is 26.2 Å². The first-order valence-electron chi connectivity index (χ1n) is 10.5. The molecule has 0 aliphatic heterocycles. The maximum absolute atomic E-state index is 13.3. The first-order chi connectivity index (χ1) is 16.6. The van der Waals surface area contributed by atoms with Crippen LogP contribution in [0.4, 0.5) is 18.0 Å². The van der Waals surface area contributed by atoms with Crippen LogP contribution in [0.3, 0.4) is 0 Å². The summed E-state index contributed by atoms with van der Waals surface area (Å²) in [5.74, 6) is -6.83. The van der Waals surface area contributed by atoms with E-state index in [2.05, 4.69) is 0 Å². The number of aliphatic carboxylic acids is 1. The van der Waals surface area contributed by atoms with E-state index < -0.39 is 55.6 Å². The molecule has 1 atom stereocenters. The lowest BCUT2D eigenvalue weighted by molar-refractivity contribution is -0.181. The minimum atomic E-state index is -5.02. The number of ether oxygens (including phenoxy) is 1. The van der Waals surface area contributed by atoms with Gasteiger partial charge in [0, 0.05) is 12.5 Å². The molecule has 186 valence electrons. The van der Waals surface area contributed by atoms with Gasteiger partial charge in [-0.2, -0.15) is 13.2 Å². The number of carbonyl (C=O) groups excluding carboxylic acids is 3. The molecule has 0 radical (unpaired) electrons. The molecule has 0 spiro atoms. The number of hydrogen-bond donors (Lipinski definition) is 4. The first-order valence-corrected chi connectivity index (χ1v) is 10.5. The van der Waals surface area contributed by atoms with Crippen LogP contribution in [-0.2, 0) is 19.1 Å². The van der Waals surface area contributed by atoms with Gasteiger partial charge in [-0.25, -0.2) is 4.79 Å². The first kappa shape index (κ1) is 25.5. The molecule has 0 saturated carbocycles. The lowest BCUT2D eigenvalue weighted by Gasteiger charge is -2.20. The van der Waals surface area contributed by atoms with Crippen LogP contribution in [0.2, 0.25) is 0 Å². The van der Waals surface area contributed by atoms with Gasteiger partial charge in [-0.05, 0) is 22.3 Å². The third kappa shape index (κ3) is 6.49. The SMILES string of the molecule is O=C(O)CNC(=O)CNC(=O)C(CNC(=O)OCC1c2ccccc2-c2ccccc21)C(F)(F)F. The second-order valence-electron chi connectivity index (χ2n) is 7.69. The van der Waals surface area contributed by atoms with E-state index in [1.165, 1.54) is 0 Å². The van der Waals surface area contributed by atoms with Crippen LogP contribution in [0, 0.1) is 5.92 Å². The van der Waals surface area contributed by atoms with Gasteiger partial charge in [0.1, 0.15) is 13.2 Å². The average molecular weight is 493 g/mol. The second kappa shape index (κ2) is 10.9. The zero-order valence-electron chi connectivity index (χ0n) is 18.2. The fourth-order valence-corrected chi connectivity index (χ4v) is 3.72. The van der Waals surface area contributed by atoms with Crippen LogP contribution in [0.1, 0.15) is 17.0 Å². The maximum Gasteiger partial charge on any atom is 0.407 e. The van der Waals surface area contributed by atoms with Gasteiger partial charge >= 0.3 is 18.2 Å². The highest BCUT2D eigenvalue weighted by molar-refractivity contribution is 5.88. The van der Waals surface area contributed by atoms with Crippen molar-refractivity contribution >= 4 is 23.9 Å². The quantitative estimate of drug-likeness (QED) is 0.422. The molecule has 4 N–H and O–H groups in total. The van der Waals surface area contributed by atoms with Crippen molar-refractivity contribution in [1.82, 2.24) is 16.0 Å². The molecule has 2 aromatic rings. The van der Waals surface area contributed by atoms with Crippen molar-refractivity contribution in [3.8, 4) is 11.1 Å². The summed E-state index contributed by atoms with van der Waals surface area (Å²) in [7, 11) is 0. The Kier molecular flexibility index (Phi) is 7.94. The van der Waals surface area contributed by atoms with Crippen LogP contribution in [-0.4, -0.2) is 61.4 Å². The Hall–Kier alpha value is -4.09. The molecule has 0 fully saturated rings. The zero-order valence-corrected chi connectivity index (χ0v) is 18.2. The van der Waals surface area contributed by atoms with Crippen LogP contribution >= 0.6 is 0 Å². The number of carboxylic acid groups (broad SMARTS) is 1. The van der Waals surface area contributed by atoms with Crippen LogP contribution < -0.4 is 16.0 Å². The van der Waals surface area contributed by atoms with Gasteiger partial charge in [0.15, 0.2) is 5.92 Å². The standard InChI is InChI=1S/C23H22F3N3O6/c24-23(25,26)18(21(33)28-10-19(30)27-11-20(31)32)9-29-22(34)35-12-17-15-7-3-1-5-13(15)14-6-2-4-8-16(14)17/h1-8,17-18H,9-12H2,(H,27,30)(H,28,33)(H,29,34)(H,31,32). The van der Waals surface area contributed by atoms with Crippen molar-refractivity contribution < 1.29 is 42.2 Å². The Bertz CT molecular complexity index is 1080. The number of alkyl carbamates (subject to hydrolysis) is 1. The average Bonchev–Trinajstić information content (AvgIpc) is 3.13. The highest BCUT2D eigenvalue weighted by Crippen LogP contribution is 2.44. The van der Waals surface area contributed by atoms with Crippen LogP contribution in [0.25, 0.3) is 11.1 Å². The molecule has 0 bridgehead atoms. The molecule has 1 aliphatic rings. The number of carboxylic acids is 1. The molecule has 3 rings (SSSR count). The molecular formula is C23H22F3N3O6. The van der Waals surface area contributed by atoms with Gasteiger partial charge in [0.25, 0.3) is 0 Å². The number of alkyl halides is 3. The highest BCUT2D eigenvalue weighted by Gasteiger charge is 2.45. The Balaban J connectivity index is 1.55. The Labute approximate surface area is 197 Å². The number of hydrogen-bond acceptors (Lipinski definition) is 5. The Morgan fingerprint density at radius 1 is 0.886 bits per heavy atom. The molecule has 9 nitrogen and oxygen atoms in total. The van der Waals surface area contributed by atoms with E-state index in [4.69, 9.17) is 9.84 Å². The van der Waals surface area contributed by atoms with E-state index in [1.807, 2.05) is 59.2 Å². The van der Waals surface area contributed by atoms with Crippen LogP contribution in [0.5, 0.6) is 0 Å². The molecule has 35 heavy (non-hydrogen) atoms. The Morgan fingerprint density at radius 2 is 1.46 bits per heavy atom. The summed E-state index contributed by atoms with van der Waals surface area (Å²) < 4.78 is 45.2. The van der Waals surface area contributed by atoms with Crippen LogP contribution in [0.15, 0.2) is 48.5 Å². The zero-order chi connectivity index (χ0) is 25.6. The molecule has 3 amide bonds. The van der Waals surface area contributed by atoms with E-state index in [1.54, 1.807) is 5.32 Å². The third-order valence-corrected chi connectivity index (χ3v) is 5.37. The molecule has 1 unspecified atom stereocenters. The number of halogens is 3. The molecule has 0 heterocycles. The monoisotopic (exact) mass is 493 g/mol. The predicted octanol–water partition coefficient (Wildman–Crippen LogP) is 2.02. The summed E-state index contributed by atoms with van der Waals surface area (Å²) in [5, 5.41) is 14.1. The van der Waals surface area contributed by atoms with Crippen molar-refractivity contribution in [2.24, 2.45) is 5.92 Å². The number of benzene rings is 2. The lowest BCUT2D eigenvalue weighted by Crippen LogP contribution is -2.48. The van der Waals surface area contributed by atoms with Gasteiger partial charge in [-0.1, -0.05) is 48.5 Å². The van der Waals surface area contributed by atoms with Gasteiger partial charge in [0.05, 0.1) is 6.54 Å². The van der Waals surface area contributed by atoms with E-state index in [-0.39, 0.29) is 12.5 Å². The summed E-state index contributed by atoms with van der Waals surface area (Å²) in [6.45, 7) is -2.83. The minimum Gasteiger partial charge on any atom is -0.480 e.